The van der Waals surface area contributed by atoms with Gasteiger partial charge in [-0.1, -0.05) is 24.3 Å². The summed E-state index contributed by atoms with van der Waals surface area (Å²) in [7, 11) is -23.2. The van der Waals surface area contributed by atoms with Gasteiger partial charge in [-0.3, -0.25) is 18.2 Å². The van der Waals surface area contributed by atoms with Crippen molar-refractivity contribution in [1.29, 1.82) is 0 Å². The van der Waals surface area contributed by atoms with Crippen LogP contribution < -0.4 is 10.6 Å². The van der Waals surface area contributed by atoms with E-state index in [0.29, 0.717) is 12.1 Å². The minimum Gasteiger partial charge on any atom is -0.282 e. The van der Waals surface area contributed by atoms with Gasteiger partial charge in [0.1, 0.15) is 19.6 Å². The maximum absolute atomic E-state index is 11.9. The Morgan fingerprint density at radius 1 is 0.567 bits per heavy atom. The molecule has 0 saturated carbocycles. The molecule has 0 atom stereocenters. The van der Waals surface area contributed by atoms with Crippen LogP contribution in [0.25, 0.3) is 0 Å². The highest BCUT2D eigenvalue weighted by Crippen LogP contribution is 2.37. The fourth-order valence-corrected chi connectivity index (χ4v) is 9.75. The molecule has 0 fully saturated rings. The van der Waals surface area contributed by atoms with Gasteiger partial charge in [-0.05, 0) is 26.7 Å². The molecule has 0 radical (unpaired) electrons. The first-order valence-corrected chi connectivity index (χ1v) is 14.8. The quantitative estimate of drug-likeness (QED) is 0.286. The average Bonchev–Trinajstić information content (AvgIpc) is 2.56. The molecule has 12 nitrogen and oxygen atoms in total. The normalized spacial score (nSPS) is 13.5. The van der Waals surface area contributed by atoms with Crippen LogP contribution in [0.5, 0.6) is 0 Å². The summed E-state index contributed by atoms with van der Waals surface area (Å²) in [5.41, 5.74) is 0. The molecule has 0 bridgehead atoms. The molecule has 30 heavy (non-hydrogen) atoms. The summed E-state index contributed by atoms with van der Waals surface area (Å²) in [5.74, 6) is 0. The van der Waals surface area contributed by atoms with E-state index in [1.165, 1.54) is 6.66 Å². The Morgan fingerprint density at radius 3 is 1.10 bits per heavy atom. The molecule has 0 aliphatic rings. The van der Waals surface area contributed by atoms with Crippen molar-refractivity contribution in [3.63, 3.8) is 0 Å². The molecule has 0 aliphatic carbocycles. The molecule has 0 heterocycles. The van der Waals surface area contributed by atoms with E-state index in [0.717, 1.165) is 24.3 Å². The zero-order chi connectivity index (χ0) is 23.3. The van der Waals surface area contributed by atoms with Crippen LogP contribution in [0.2, 0.25) is 0 Å². The zero-order valence-electron chi connectivity index (χ0n) is 14.6. The van der Waals surface area contributed by atoms with Crippen LogP contribution in [-0.4, -0.2) is 58.5 Å². The number of benzene rings is 2. The molecule has 0 aliphatic heterocycles. The Morgan fingerprint density at radius 2 is 0.867 bits per heavy atom. The predicted molar refractivity (Wildman–Crippen MR) is 104 cm³/mol. The third-order valence-corrected chi connectivity index (χ3v) is 10.2. The summed E-state index contributed by atoms with van der Waals surface area (Å²) in [6, 6.07) is 5.32. The maximum atomic E-state index is 11.9. The standard InChI is InChI=1S/C13H13O12PS4/c1-26(8-4-2-6-10(27(14,15)16)12(8)29(20,21)22)9-5-3-7-11(28(17,18)19)13(9)30(23,24)25/h2-7H,1H3,(H,14,15,16)(H,17,18,19)(H,20,21,22)(H,23,24,25). The Hall–Kier alpha value is -1.49. The van der Waals surface area contributed by atoms with Gasteiger partial charge in [-0.15, -0.1) is 0 Å². The smallest absolute Gasteiger partial charge is 0.282 e. The molecule has 4 N–H and O–H groups in total. The largest absolute Gasteiger partial charge is 0.296 e. The zero-order valence-corrected chi connectivity index (χ0v) is 18.8. The molecule has 2 aromatic carbocycles. The van der Waals surface area contributed by atoms with Crippen LogP contribution in [0, 0.1) is 0 Å². The van der Waals surface area contributed by atoms with Gasteiger partial charge in [0, 0.05) is 10.6 Å². The van der Waals surface area contributed by atoms with Gasteiger partial charge < -0.3 is 0 Å². The van der Waals surface area contributed by atoms with Crippen LogP contribution in [0.1, 0.15) is 0 Å². The fraction of sp³-hybridized carbons (Fsp3) is 0.0769. The van der Waals surface area contributed by atoms with Gasteiger partial charge in [-0.2, -0.15) is 33.7 Å². The van der Waals surface area contributed by atoms with Gasteiger partial charge in [-0.25, -0.2) is 0 Å². The van der Waals surface area contributed by atoms with Crippen molar-refractivity contribution in [3.8, 4) is 0 Å². The first-order chi connectivity index (χ1) is 13.4. The molecule has 2 rings (SSSR count). The summed E-state index contributed by atoms with van der Waals surface area (Å²) in [6.07, 6.45) is 0. The maximum Gasteiger partial charge on any atom is 0.296 e. The van der Waals surface area contributed by atoms with Crippen molar-refractivity contribution >= 4 is 59.0 Å². The minimum atomic E-state index is -5.29. The topological polar surface area (TPSA) is 217 Å². The lowest BCUT2D eigenvalue weighted by Crippen LogP contribution is -2.25. The SMILES string of the molecule is CP(c1cccc(S(=O)(=O)O)c1S(=O)(=O)O)c1cccc(S(=O)(=O)O)c1S(=O)(=O)O. The van der Waals surface area contributed by atoms with E-state index in [-0.39, 0.29) is 0 Å². The Kier molecular flexibility index (Phi) is 6.51. The predicted octanol–water partition coefficient (Wildman–Crippen LogP) is -0.264. The Labute approximate surface area is 173 Å². The summed E-state index contributed by atoms with van der Waals surface area (Å²) in [4.78, 5) is -4.90. The first-order valence-electron chi connectivity index (χ1n) is 7.26. The number of hydrogen-bond acceptors (Lipinski definition) is 8. The van der Waals surface area contributed by atoms with Gasteiger partial charge in [0.15, 0.2) is 0 Å². The highest BCUT2D eigenvalue weighted by Gasteiger charge is 2.33. The van der Waals surface area contributed by atoms with Crippen LogP contribution >= 0.6 is 7.92 Å². The third-order valence-electron chi connectivity index (χ3n) is 3.71. The van der Waals surface area contributed by atoms with E-state index in [2.05, 4.69) is 0 Å². The summed E-state index contributed by atoms with van der Waals surface area (Å²) in [5, 5.41) is -0.972. The van der Waals surface area contributed by atoms with Crippen LogP contribution in [0.15, 0.2) is 56.0 Å². The molecule has 0 saturated heterocycles. The molecule has 0 unspecified atom stereocenters. The van der Waals surface area contributed by atoms with E-state index in [4.69, 9.17) is 0 Å². The van der Waals surface area contributed by atoms with Gasteiger partial charge in [0.2, 0.25) is 0 Å². The van der Waals surface area contributed by atoms with Crippen molar-refractivity contribution in [2.24, 2.45) is 0 Å². The van der Waals surface area contributed by atoms with E-state index in [1.54, 1.807) is 0 Å². The van der Waals surface area contributed by atoms with Gasteiger partial charge >= 0.3 is 0 Å². The van der Waals surface area contributed by atoms with Crippen LogP contribution in [0.4, 0.5) is 0 Å². The van der Waals surface area contributed by atoms with E-state index < -0.39 is 78.6 Å². The lowest BCUT2D eigenvalue weighted by atomic mass is 10.3. The Bertz CT molecular complexity index is 1330. The molecule has 17 heteroatoms. The summed E-state index contributed by atoms with van der Waals surface area (Å²) in [6.45, 7) is 1.17. The monoisotopic (exact) mass is 520 g/mol. The molecular formula is C13H13O12PS4. The van der Waals surface area contributed by atoms with Crippen molar-refractivity contribution in [2.75, 3.05) is 6.66 Å². The van der Waals surface area contributed by atoms with Crippen LogP contribution in [0.3, 0.4) is 0 Å². The molecule has 0 spiro atoms. The number of hydrogen-bond donors (Lipinski definition) is 4. The second-order valence-electron chi connectivity index (χ2n) is 5.67. The highest BCUT2D eigenvalue weighted by atomic mass is 32.2. The first kappa shape index (κ1) is 24.8. The second kappa shape index (κ2) is 7.89. The van der Waals surface area contributed by atoms with Crippen molar-refractivity contribution in [3.05, 3.63) is 36.4 Å². The minimum absolute atomic E-state index is 0.486. The van der Waals surface area contributed by atoms with E-state index in [1.807, 2.05) is 0 Å². The van der Waals surface area contributed by atoms with Gasteiger partial charge in [0.25, 0.3) is 40.5 Å². The molecule has 0 aromatic heterocycles. The summed E-state index contributed by atoms with van der Waals surface area (Å²) < 4.78 is 131. The van der Waals surface area contributed by atoms with Crippen LogP contribution in [-0.2, 0) is 40.5 Å². The lowest BCUT2D eigenvalue weighted by Gasteiger charge is -2.20. The molecule has 2 aromatic rings. The van der Waals surface area contributed by atoms with Crippen molar-refractivity contribution < 1.29 is 51.9 Å². The highest BCUT2D eigenvalue weighted by molar-refractivity contribution is 7.91. The molecular weight excluding hydrogens is 507 g/mol. The lowest BCUT2D eigenvalue weighted by molar-refractivity contribution is 0.467. The second-order valence-corrected chi connectivity index (χ2v) is 13.2. The van der Waals surface area contributed by atoms with Crippen molar-refractivity contribution in [2.45, 2.75) is 19.6 Å². The number of rotatable bonds is 6. The Balaban J connectivity index is 3.02. The summed E-state index contributed by atoms with van der Waals surface area (Å²) >= 11 is 0. The van der Waals surface area contributed by atoms with Gasteiger partial charge in [0.05, 0.1) is 0 Å². The van der Waals surface area contributed by atoms with Crippen molar-refractivity contribution in [1.82, 2.24) is 0 Å². The average molecular weight is 520 g/mol. The molecule has 166 valence electrons. The van der Waals surface area contributed by atoms with E-state index in [9.17, 15) is 51.9 Å². The van der Waals surface area contributed by atoms with E-state index >= 15 is 0 Å². The molecule has 0 amide bonds. The fourth-order valence-electron chi connectivity index (χ4n) is 2.59. The third kappa shape index (κ3) is 5.04.